The quantitative estimate of drug-likeness (QED) is 0.658. The number of hydrogen-bond acceptors (Lipinski definition) is 3. The summed E-state index contributed by atoms with van der Waals surface area (Å²) in [5.74, 6) is 2.73. The number of rotatable bonds is 3. The van der Waals surface area contributed by atoms with Crippen LogP contribution in [-0.2, 0) is 4.79 Å². The van der Waals surface area contributed by atoms with Crippen LogP contribution in [0.1, 0.15) is 26.7 Å². The molecule has 3 heteroatoms. The molecule has 0 aromatic rings. The molecule has 1 nitrogen and oxygen atoms in total. The molecule has 1 rings (SSSR count). The minimum atomic E-state index is 0.216. The molecule has 0 N–H and O–H groups in total. The Labute approximate surface area is 83.1 Å². The predicted molar refractivity (Wildman–Crippen MR) is 57.8 cm³/mol. The van der Waals surface area contributed by atoms with Crippen molar-refractivity contribution >= 4 is 29.8 Å². The van der Waals surface area contributed by atoms with Crippen molar-refractivity contribution in [2.75, 3.05) is 11.5 Å². The molecule has 0 saturated carbocycles. The van der Waals surface area contributed by atoms with Crippen LogP contribution < -0.4 is 0 Å². The largest absolute Gasteiger partial charge is 0.303 e. The first-order valence-electron chi connectivity index (χ1n) is 4.39. The highest BCUT2D eigenvalue weighted by Gasteiger charge is 2.29. The van der Waals surface area contributed by atoms with Crippen molar-refractivity contribution in [1.82, 2.24) is 0 Å². The van der Waals surface area contributed by atoms with Crippen molar-refractivity contribution in [3.8, 4) is 0 Å². The van der Waals surface area contributed by atoms with Crippen LogP contribution in [0.5, 0.6) is 0 Å². The van der Waals surface area contributed by atoms with Gasteiger partial charge in [-0.2, -0.15) is 0 Å². The van der Waals surface area contributed by atoms with Crippen LogP contribution in [0.2, 0.25) is 0 Å². The summed E-state index contributed by atoms with van der Waals surface area (Å²) in [5.41, 5.74) is 0. The summed E-state index contributed by atoms with van der Waals surface area (Å²) in [6, 6.07) is 0. The van der Waals surface area contributed by atoms with Crippen molar-refractivity contribution in [2.45, 2.75) is 30.8 Å². The Bertz CT molecular complexity index is 153. The molecule has 0 spiro atoms. The highest BCUT2D eigenvalue weighted by Crippen LogP contribution is 2.45. The second-order valence-corrected chi connectivity index (χ2v) is 6.96. The molecule has 0 aromatic carbocycles. The van der Waals surface area contributed by atoms with Gasteiger partial charge in [-0.25, -0.2) is 0 Å². The number of carbonyl (C=O) groups is 1. The van der Waals surface area contributed by atoms with Crippen molar-refractivity contribution in [3.63, 3.8) is 0 Å². The fraction of sp³-hybridized carbons (Fsp3) is 0.889. The lowest BCUT2D eigenvalue weighted by Gasteiger charge is -2.33. The lowest BCUT2D eigenvalue weighted by Crippen LogP contribution is -2.24. The molecule has 70 valence electrons. The van der Waals surface area contributed by atoms with Gasteiger partial charge < -0.3 is 4.79 Å². The smallest absolute Gasteiger partial charge is 0.122 e. The molecule has 0 bridgehead atoms. The van der Waals surface area contributed by atoms with E-state index in [2.05, 4.69) is 6.92 Å². The molecule has 0 unspecified atom stereocenters. The van der Waals surface area contributed by atoms with Gasteiger partial charge >= 0.3 is 0 Å². The third-order valence-electron chi connectivity index (χ3n) is 2.03. The Morgan fingerprint density at radius 2 is 2.08 bits per heavy atom. The fourth-order valence-electron chi connectivity index (χ4n) is 1.43. The van der Waals surface area contributed by atoms with Gasteiger partial charge in [0.2, 0.25) is 0 Å². The van der Waals surface area contributed by atoms with E-state index in [1.54, 1.807) is 0 Å². The number of carbonyl (C=O) groups excluding carboxylic acids is 1. The number of hydrogen-bond donors (Lipinski definition) is 0. The zero-order chi connectivity index (χ0) is 9.03. The van der Waals surface area contributed by atoms with E-state index in [4.69, 9.17) is 0 Å². The summed E-state index contributed by atoms with van der Waals surface area (Å²) in [4.78, 5) is 10.5. The molecule has 0 aromatic heterocycles. The summed E-state index contributed by atoms with van der Waals surface area (Å²) >= 11 is 4.03. The van der Waals surface area contributed by atoms with Crippen molar-refractivity contribution < 1.29 is 4.79 Å². The van der Waals surface area contributed by atoms with Crippen LogP contribution >= 0.6 is 23.5 Å². The van der Waals surface area contributed by atoms with Gasteiger partial charge in [-0.05, 0) is 31.3 Å². The zero-order valence-corrected chi connectivity index (χ0v) is 9.34. The van der Waals surface area contributed by atoms with Gasteiger partial charge in [-0.15, -0.1) is 23.5 Å². The molecular formula is C9H16OS2. The van der Waals surface area contributed by atoms with Crippen molar-refractivity contribution in [3.05, 3.63) is 0 Å². The average Bonchev–Trinajstić information content (AvgIpc) is 2.05. The first-order chi connectivity index (χ1) is 5.66. The van der Waals surface area contributed by atoms with Gasteiger partial charge in [-0.3, -0.25) is 0 Å². The minimum Gasteiger partial charge on any atom is -0.303 e. The Balaban J connectivity index is 2.40. The molecular weight excluding hydrogens is 188 g/mol. The normalized spacial score (nSPS) is 24.8. The summed E-state index contributed by atoms with van der Waals surface area (Å²) < 4.78 is 0.304. The highest BCUT2D eigenvalue weighted by atomic mass is 32.2. The van der Waals surface area contributed by atoms with Crippen LogP contribution in [0.4, 0.5) is 0 Å². The van der Waals surface area contributed by atoms with Crippen LogP contribution in [0, 0.1) is 5.92 Å². The van der Waals surface area contributed by atoms with Crippen LogP contribution in [0.3, 0.4) is 0 Å². The van der Waals surface area contributed by atoms with Crippen LogP contribution in [-0.4, -0.2) is 21.9 Å². The topological polar surface area (TPSA) is 17.1 Å². The second kappa shape index (κ2) is 4.56. The number of thioether (sulfide) groups is 2. The monoisotopic (exact) mass is 204 g/mol. The van der Waals surface area contributed by atoms with Crippen molar-refractivity contribution in [2.24, 2.45) is 5.92 Å². The summed E-state index contributed by atoms with van der Waals surface area (Å²) in [6.07, 6.45) is 3.41. The lowest BCUT2D eigenvalue weighted by molar-refractivity contribution is -0.110. The summed E-state index contributed by atoms with van der Waals surface area (Å²) in [7, 11) is 0. The standard InChI is InChI=1S/C9H16OS2/c1-8(7-10)6-9(2)11-4-3-5-12-9/h7-8H,3-6H2,1-2H3/t8-/m0/s1. The molecule has 1 heterocycles. The van der Waals surface area contributed by atoms with E-state index >= 15 is 0 Å². The minimum absolute atomic E-state index is 0.216. The van der Waals surface area contributed by atoms with E-state index in [1.165, 1.54) is 17.9 Å². The van der Waals surface area contributed by atoms with Gasteiger partial charge in [0.1, 0.15) is 6.29 Å². The Morgan fingerprint density at radius 1 is 1.50 bits per heavy atom. The molecule has 1 aliphatic rings. The molecule has 12 heavy (non-hydrogen) atoms. The maximum absolute atomic E-state index is 10.5. The molecule has 0 radical (unpaired) electrons. The van der Waals surface area contributed by atoms with E-state index in [0.717, 1.165) is 12.7 Å². The van der Waals surface area contributed by atoms with Crippen LogP contribution in [0.15, 0.2) is 0 Å². The van der Waals surface area contributed by atoms with Gasteiger partial charge in [0.05, 0.1) is 4.08 Å². The molecule has 1 fully saturated rings. The summed E-state index contributed by atoms with van der Waals surface area (Å²) in [5, 5.41) is 0. The van der Waals surface area contributed by atoms with E-state index in [1.807, 2.05) is 30.4 Å². The SMILES string of the molecule is C[C@H](C=O)CC1(C)SCCCS1. The molecule has 0 amide bonds. The summed E-state index contributed by atoms with van der Waals surface area (Å²) in [6.45, 7) is 4.27. The number of aldehydes is 1. The highest BCUT2D eigenvalue weighted by molar-refractivity contribution is 8.18. The van der Waals surface area contributed by atoms with E-state index < -0.39 is 0 Å². The Morgan fingerprint density at radius 3 is 2.58 bits per heavy atom. The molecule has 1 aliphatic heterocycles. The van der Waals surface area contributed by atoms with Gasteiger partial charge in [0, 0.05) is 5.92 Å². The van der Waals surface area contributed by atoms with Gasteiger partial charge in [0.15, 0.2) is 0 Å². The van der Waals surface area contributed by atoms with Gasteiger partial charge in [0.25, 0.3) is 0 Å². The van der Waals surface area contributed by atoms with E-state index in [-0.39, 0.29) is 5.92 Å². The molecule has 0 aliphatic carbocycles. The second-order valence-electron chi connectivity index (χ2n) is 3.50. The lowest BCUT2D eigenvalue weighted by atomic mass is 10.1. The Hall–Kier alpha value is 0.370. The first kappa shape index (κ1) is 10.5. The van der Waals surface area contributed by atoms with Crippen molar-refractivity contribution in [1.29, 1.82) is 0 Å². The average molecular weight is 204 g/mol. The maximum atomic E-state index is 10.5. The van der Waals surface area contributed by atoms with E-state index in [9.17, 15) is 4.79 Å². The third-order valence-corrected chi connectivity index (χ3v) is 5.28. The fourth-order valence-corrected chi connectivity index (χ4v) is 4.65. The van der Waals surface area contributed by atoms with E-state index in [0.29, 0.717) is 4.08 Å². The maximum Gasteiger partial charge on any atom is 0.122 e. The third kappa shape index (κ3) is 3.02. The predicted octanol–water partition coefficient (Wildman–Crippen LogP) is 2.80. The zero-order valence-electron chi connectivity index (χ0n) is 7.71. The van der Waals surface area contributed by atoms with Crippen LogP contribution in [0.25, 0.3) is 0 Å². The Kier molecular flexibility index (Phi) is 3.97. The molecule has 1 saturated heterocycles. The first-order valence-corrected chi connectivity index (χ1v) is 6.36. The van der Waals surface area contributed by atoms with Gasteiger partial charge in [-0.1, -0.05) is 6.92 Å². The molecule has 1 atom stereocenters.